The first-order valence-corrected chi connectivity index (χ1v) is 8.14. The van der Waals surface area contributed by atoms with Gasteiger partial charge in [-0.25, -0.2) is 0 Å². The molecule has 1 heteroatoms. The van der Waals surface area contributed by atoms with Gasteiger partial charge in [-0.3, -0.25) is 4.79 Å². The monoisotopic (exact) mass is 290 g/mol. The molecule has 112 valence electrons. The van der Waals surface area contributed by atoms with E-state index in [1.165, 1.54) is 22.3 Å². The highest BCUT2D eigenvalue weighted by atomic mass is 16.1. The number of aryl methyl sites for hydroxylation is 2. The van der Waals surface area contributed by atoms with Crippen LogP contribution in [0, 0.1) is 0 Å². The van der Waals surface area contributed by atoms with Crippen molar-refractivity contribution in [3.8, 4) is 0 Å². The lowest BCUT2D eigenvalue weighted by Gasteiger charge is -2.02. The standard InChI is InChI=1S/C21H22O/c1-2-16-7-9-17(10-8-16)5-3-4-6-18-11-12-19-13-14-21(22)20(19)15-18/h3-4,7-12,15H,2,5-6,13-14H2,1H3/b4-3+. The number of ketones is 1. The predicted octanol–water partition coefficient (Wildman–Crippen LogP) is 4.72. The molecular weight excluding hydrogens is 268 g/mol. The summed E-state index contributed by atoms with van der Waals surface area (Å²) >= 11 is 0. The highest BCUT2D eigenvalue weighted by molar-refractivity contribution is 6.00. The molecular formula is C21H22O. The minimum Gasteiger partial charge on any atom is -0.294 e. The zero-order valence-corrected chi connectivity index (χ0v) is 13.1. The van der Waals surface area contributed by atoms with Gasteiger partial charge in [0.25, 0.3) is 0 Å². The molecule has 22 heavy (non-hydrogen) atoms. The van der Waals surface area contributed by atoms with Crippen molar-refractivity contribution in [2.75, 3.05) is 0 Å². The minimum atomic E-state index is 0.303. The minimum absolute atomic E-state index is 0.303. The van der Waals surface area contributed by atoms with Crippen molar-refractivity contribution in [2.45, 2.75) is 39.0 Å². The van der Waals surface area contributed by atoms with Crippen LogP contribution in [0.1, 0.15) is 46.0 Å². The zero-order valence-electron chi connectivity index (χ0n) is 13.1. The molecule has 0 atom stereocenters. The van der Waals surface area contributed by atoms with Crippen LogP contribution in [0.2, 0.25) is 0 Å². The summed E-state index contributed by atoms with van der Waals surface area (Å²) in [5.74, 6) is 0.303. The average molecular weight is 290 g/mol. The molecule has 0 amide bonds. The molecule has 0 saturated carbocycles. The van der Waals surface area contributed by atoms with Gasteiger partial charge < -0.3 is 0 Å². The molecule has 3 rings (SSSR count). The lowest BCUT2D eigenvalue weighted by atomic mass is 10.0. The molecule has 0 fully saturated rings. The summed E-state index contributed by atoms with van der Waals surface area (Å²) in [4.78, 5) is 11.8. The molecule has 0 heterocycles. The molecule has 0 N–H and O–H groups in total. The normalized spacial score (nSPS) is 13.8. The summed E-state index contributed by atoms with van der Waals surface area (Å²) in [7, 11) is 0. The van der Waals surface area contributed by atoms with Crippen LogP contribution in [0.3, 0.4) is 0 Å². The van der Waals surface area contributed by atoms with Crippen LogP contribution >= 0.6 is 0 Å². The second kappa shape index (κ2) is 6.74. The van der Waals surface area contributed by atoms with Crippen molar-refractivity contribution in [3.63, 3.8) is 0 Å². The molecule has 0 saturated heterocycles. The van der Waals surface area contributed by atoms with E-state index in [4.69, 9.17) is 0 Å². The number of allylic oxidation sites excluding steroid dienone is 2. The Morgan fingerprint density at radius 3 is 2.23 bits per heavy atom. The fourth-order valence-corrected chi connectivity index (χ4v) is 2.96. The Balaban J connectivity index is 1.58. The van der Waals surface area contributed by atoms with Gasteiger partial charge in [0, 0.05) is 12.0 Å². The van der Waals surface area contributed by atoms with Crippen LogP contribution in [0.15, 0.2) is 54.6 Å². The van der Waals surface area contributed by atoms with Gasteiger partial charge in [0.15, 0.2) is 5.78 Å². The molecule has 0 aromatic heterocycles. The molecule has 0 bridgehead atoms. The van der Waals surface area contributed by atoms with E-state index in [0.29, 0.717) is 12.2 Å². The number of hydrogen-bond acceptors (Lipinski definition) is 1. The van der Waals surface area contributed by atoms with E-state index in [1.807, 2.05) is 0 Å². The number of hydrogen-bond donors (Lipinski definition) is 0. The maximum absolute atomic E-state index is 11.8. The Labute approximate surface area is 132 Å². The Kier molecular flexibility index (Phi) is 4.53. The summed E-state index contributed by atoms with van der Waals surface area (Å²) in [6.45, 7) is 2.18. The molecule has 0 unspecified atom stereocenters. The number of fused-ring (bicyclic) bond motifs is 1. The Bertz CT molecular complexity index is 692. The fraction of sp³-hybridized carbons (Fsp3) is 0.286. The topological polar surface area (TPSA) is 17.1 Å². The molecule has 1 aliphatic rings. The summed E-state index contributed by atoms with van der Waals surface area (Å²) in [6.07, 6.45) is 8.97. The number of benzene rings is 2. The van der Waals surface area contributed by atoms with E-state index in [9.17, 15) is 4.79 Å². The maximum atomic E-state index is 11.8. The third kappa shape index (κ3) is 3.36. The van der Waals surface area contributed by atoms with Gasteiger partial charge in [-0.15, -0.1) is 0 Å². The first-order valence-electron chi connectivity index (χ1n) is 8.14. The van der Waals surface area contributed by atoms with Crippen LogP contribution in [-0.2, 0) is 25.7 Å². The number of carbonyl (C=O) groups excluding carboxylic acids is 1. The molecule has 0 spiro atoms. The van der Waals surface area contributed by atoms with Crippen LogP contribution in [0.5, 0.6) is 0 Å². The summed E-state index contributed by atoms with van der Waals surface area (Å²) in [5, 5.41) is 0. The molecule has 2 aromatic carbocycles. The lowest BCUT2D eigenvalue weighted by Crippen LogP contribution is -1.93. The first kappa shape index (κ1) is 14.8. The zero-order chi connectivity index (χ0) is 15.4. The Hall–Kier alpha value is -2.15. The molecule has 1 nitrogen and oxygen atoms in total. The van der Waals surface area contributed by atoms with Crippen molar-refractivity contribution < 1.29 is 4.79 Å². The van der Waals surface area contributed by atoms with Gasteiger partial charge in [0.05, 0.1) is 0 Å². The highest BCUT2D eigenvalue weighted by Gasteiger charge is 2.18. The number of carbonyl (C=O) groups is 1. The number of Topliss-reactive ketones (excluding diaryl/α,β-unsaturated/α-hetero) is 1. The number of rotatable bonds is 5. The lowest BCUT2D eigenvalue weighted by molar-refractivity contribution is 0.0994. The third-order valence-electron chi connectivity index (χ3n) is 4.40. The van der Waals surface area contributed by atoms with E-state index in [1.54, 1.807) is 0 Å². The van der Waals surface area contributed by atoms with Crippen molar-refractivity contribution in [1.29, 1.82) is 0 Å². The van der Waals surface area contributed by atoms with Crippen molar-refractivity contribution in [2.24, 2.45) is 0 Å². The Morgan fingerprint density at radius 1 is 0.864 bits per heavy atom. The van der Waals surface area contributed by atoms with Crippen molar-refractivity contribution in [3.05, 3.63) is 82.4 Å². The van der Waals surface area contributed by atoms with Gasteiger partial charge in [-0.2, -0.15) is 0 Å². The largest absolute Gasteiger partial charge is 0.294 e. The van der Waals surface area contributed by atoms with Gasteiger partial charge in [-0.05, 0) is 54.0 Å². The van der Waals surface area contributed by atoms with Crippen LogP contribution in [-0.4, -0.2) is 5.78 Å². The summed E-state index contributed by atoms with van der Waals surface area (Å²) in [5.41, 5.74) is 6.12. The van der Waals surface area contributed by atoms with Crippen LogP contribution < -0.4 is 0 Å². The summed E-state index contributed by atoms with van der Waals surface area (Å²) < 4.78 is 0. The molecule has 0 radical (unpaired) electrons. The van der Waals surface area contributed by atoms with E-state index < -0.39 is 0 Å². The third-order valence-corrected chi connectivity index (χ3v) is 4.40. The van der Waals surface area contributed by atoms with Gasteiger partial charge in [0.2, 0.25) is 0 Å². The second-order valence-corrected chi connectivity index (χ2v) is 5.96. The quantitative estimate of drug-likeness (QED) is 0.728. The smallest absolute Gasteiger partial charge is 0.163 e. The van der Waals surface area contributed by atoms with Gasteiger partial charge >= 0.3 is 0 Å². The van der Waals surface area contributed by atoms with Gasteiger partial charge in [-0.1, -0.05) is 55.5 Å². The van der Waals surface area contributed by atoms with E-state index >= 15 is 0 Å². The summed E-state index contributed by atoms with van der Waals surface area (Å²) in [6, 6.07) is 15.2. The maximum Gasteiger partial charge on any atom is 0.163 e. The molecule has 2 aromatic rings. The predicted molar refractivity (Wildman–Crippen MR) is 91.5 cm³/mol. The average Bonchev–Trinajstić information content (AvgIpc) is 2.93. The SMILES string of the molecule is CCc1ccc(C/C=C/Cc2ccc3c(c2)C(=O)CC3)cc1. The van der Waals surface area contributed by atoms with E-state index in [0.717, 1.165) is 31.2 Å². The second-order valence-electron chi connectivity index (χ2n) is 5.96. The fourth-order valence-electron chi connectivity index (χ4n) is 2.96. The highest BCUT2D eigenvalue weighted by Crippen LogP contribution is 2.23. The van der Waals surface area contributed by atoms with Crippen LogP contribution in [0.25, 0.3) is 0 Å². The first-order chi connectivity index (χ1) is 10.8. The van der Waals surface area contributed by atoms with E-state index in [-0.39, 0.29) is 0 Å². The molecule has 0 aliphatic heterocycles. The Morgan fingerprint density at radius 2 is 1.50 bits per heavy atom. The van der Waals surface area contributed by atoms with Crippen molar-refractivity contribution in [1.82, 2.24) is 0 Å². The molecule has 1 aliphatic carbocycles. The van der Waals surface area contributed by atoms with Crippen LogP contribution in [0.4, 0.5) is 0 Å². The van der Waals surface area contributed by atoms with E-state index in [2.05, 4.69) is 61.5 Å². The van der Waals surface area contributed by atoms with Crippen molar-refractivity contribution >= 4 is 5.78 Å². The van der Waals surface area contributed by atoms with Gasteiger partial charge in [0.1, 0.15) is 0 Å².